The van der Waals surface area contributed by atoms with Gasteiger partial charge in [-0.1, -0.05) is 17.7 Å². The number of H-pyrrole nitrogens is 1. The van der Waals surface area contributed by atoms with Gasteiger partial charge in [-0.15, -0.1) is 0 Å². The number of nitrogens with one attached hydrogen (secondary N) is 1. The molecule has 104 valence electrons. The van der Waals surface area contributed by atoms with Gasteiger partial charge in [-0.2, -0.15) is 14.9 Å². The van der Waals surface area contributed by atoms with E-state index in [1.54, 1.807) is 29.2 Å². The molecular formula is C14H10ClN5S. The van der Waals surface area contributed by atoms with Gasteiger partial charge in [-0.05, 0) is 48.6 Å². The third kappa shape index (κ3) is 3.07. The van der Waals surface area contributed by atoms with E-state index in [-0.39, 0.29) is 0 Å². The first-order valence-corrected chi connectivity index (χ1v) is 6.91. The summed E-state index contributed by atoms with van der Waals surface area (Å²) in [5, 5.41) is 11.9. The van der Waals surface area contributed by atoms with Crippen LogP contribution in [0.2, 0.25) is 5.02 Å². The quantitative estimate of drug-likeness (QED) is 0.594. The van der Waals surface area contributed by atoms with Crippen LogP contribution in [0.4, 0.5) is 0 Å². The van der Waals surface area contributed by atoms with Crippen molar-refractivity contribution >= 4 is 30.0 Å². The van der Waals surface area contributed by atoms with E-state index in [0.717, 1.165) is 11.3 Å². The fourth-order valence-corrected chi connectivity index (χ4v) is 2.06. The summed E-state index contributed by atoms with van der Waals surface area (Å²) >= 11 is 11.1. The summed E-state index contributed by atoms with van der Waals surface area (Å²) in [5.41, 5.74) is 1.60. The van der Waals surface area contributed by atoms with E-state index in [1.165, 1.54) is 0 Å². The second-order valence-corrected chi connectivity index (χ2v) is 4.99. The average molecular weight is 316 g/mol. The third-order valence-electron chi connectivity index (χ3n) is 2.75. The number of halogens is 1. The molecule has 0 spiro atoms. The molecule has 0 aliphatic heterocycles. The normalized spacial score (nSPS) is 11.1. The van der Waals surface area contributed by atoms with Gasteiger partial charge in [0.2, 0.25) is 4.77 Å². The van der Waals surface area contributed by atoms with Crippen LogP contribution in [0, 0.1) is 4.77 Å². The van der Waals surface area contributed by atoms with E-state index >= 15 is 0 Å². The van der Waals surface area contributed by atoms with Gasteiger partial charge in [0.15, 0.2) is 5.82 Å². The zero-order valence-corrected chi connectivity index (χ0v) is 12.3. The Labute approximate surface area is 130 Å². The molecule has 1 N–H and O–H groups in total. The number of rotatable bonds is 3. The highest BCUT2D eigenvalue weighted by Crippen LogP contribution is 2.19. The maximum Gasteiger partial charge on any atom is 0.216 e. The standard InChI is InChI=1S/C14H10ClN5S/c15-11-6-4-10(5-7-11)13-18-19-14(21)20(13)17-9-12-3-1-2-8-16-12/h1-9H,(H,19,21). The van der Waals surface area contributed by atoms with Gasteiger partial charge in [0.25, 0.3) is 0 Å². The number of nitrogens with zero attached hydrogens (tertiary/aromatic N) is 4. The van der Waals surface area contributed by atoms with Crippen LogP contribution in [0.25, 0.3) is 11.4 Å². The van der Waals surface area contributed by atoms with Gasteiger partial charge in [-0.3, -0.25) is 4.98 Å². The largest absolute Gasteiger partial charge is 0.255 e. The second-order valence-electron chi connectivity index (χ2n) is 4.17. The molecule has 2 heterocycles. The van der Waals surface area contributed by atoms with Crippen LogP contribution in [0.1, 0.15) is 5.69 Å². The SMILES string of the molecule is S=c1[nH]nc(-c2ccc(Cl)cc2)n1N=Cc1ccccn1. The second kappa shape index (κ2) is 5.99. The Morgan fingerprint density at radius 3 is 2.71 bits per heavy atom. The van der Waals surface area contributed by atoms with Gasteiger partial charge in [-0.25, -0.2) is 5.10 Å². The summed E-state index contributed by atoms with van der Waals surface area (Å²) in [4.78, 5) is 4.18. The molecule has 5 nitrogen and oxygen atoms in total. The molecule has 3 rings (SSSR count). The lowest BCUT2D eigenvalue weighted by atomic mass is 10.2. The van der Waals surface area contributed by atoms with Gasteiger partial charge in [0, 0.05) is 16.8 Å². The smallest absolute Gasteiger partial charge is 0.216 e. The lowest BCUT2D eigenvalue weighted by Gasteiger charge is -2.00. The van der Waals surface area contributed by atoms with Crippen molar-refractivity contribution in [1.82, 2.24) is 19.9 Å². The Hall–Kier alpha value is -2.31. The van der Waals surface area contributed by atoms with Crippen molar-refractivity contribution in [3.63, 3.8) is 0 Å². The van der Waals surface area contributed by atoms with E-state index < -0.39 is 0 Å². The van der Waals surface area contributed by atoms with E-state index in [9.17, 15) is 0 Å². The fourth-order valence-electron chi connectivity index (χ4n) is 1.75. The van der Waals surface area contributed by atoms with Crippen LogP contribution in [-0.4, -0.2) is 26.1 Å². The molecular weight excluding hydrogens is 306 g/mol. The predicted molar refractivity (Wildman–Crippen MR) is 85.1 cm³/mol. The Balaban J connectivity index is 2.00. The van der Waals surface area contributed by atoms with Crippen molar-refractivity contribution in [3.05, 3.63) is 64.1 Å². The van der Waals surface area contributed by atoms with E-state index in [0.29, 0.717) is 15.6 Å². The molecule has 0 saturated carbocycles. The number of pyridine rings is 1. The monoisotopic (exact) mass is 315 g/mol. The Morgan fingerprint density at radius 1 is 1.19 bits per heavy atom. The molecule has 21 heavy (non-hydrogen) atoms. The summed E-state index contributed by atoms with van der Waals surface area (Å²) in [7, 11) is 0. The highest BCUT2D eigenvalue weighted by atomic mass is 35.5. The zero-order chi connectivity index (χ0) is 14.7. The predicted octanol–water partition coefficient (Wildman–Crippen LogP) is 3.54. The molecule has 0 amide bonds. The van der Waals surface area contributed by atoms with Gasteiger partial charge < -0.3 is 0 Å². The fraction of sp³-hybridized carbons (Fsp3) is 0. The summed E-state index contributed by atoms with van der Waals surface area (Å²) in [6.45, 7) is 0. The van der Waals surface area contributed by atoms with E-state index in [4.69, 9.17) is 23.8 Å². The minimum Gasteiger partial charge on any atom is -0.255 e. The van der Waals surface area contributed by atoms with Crippen molar-refractivity contribution in [2.75, 3.05) is 0 Å². The first-order valence-electron chi connectivity index (χ1n) is 6.13. The van der Waals surface area contributed by atoms with Crippen LogP contribution in [0.3, 0.4) is 0 Å². The van der Waals surface area contributed by atoms with Crippen LogP contribution in [0.15, 0.2) is 53.8 Å². The molecule has 0 unspecified atom stereocenters. The topological polar surface area (TPSA) is 58.9 Å². The van der Waals surface area contributed by atoms with Crippen molar-refractivity contribution in [2.45, 2.75) is 0 Å². The van der Waals surface area contributed by atoms with E-state index in [1.807, 2.05) is 30.3 Å². The maximum atomic E-state index is 5.89. The Morgan fingerprint density at radius 2 is 2.00 bits per heavy atom. The number of aromatic amines is 1. The van der Waals surface area contributed by atoms with Crippen LogP contribution in [0.5, 0.6) is 0 Å². The highest BCUT2D eigenvalue weighted by Gasteiger charge is 2.07. The van der Waals surface area contributed by atoms with Gasteiger partial charge in [0.05, 0.1) is 11.9 Å². The number of benzene rings is 1. The minimum atomic E-state index is 0.409. The highest BCUT2D eigenvalue weighted by molar-refractivity contribution is 7.71. The molecule has 2 aromatic heterocycles. The summed E-state index contributed by atoms with van der Waals surface area (Å²) in [5.74, 6) is 0.615. The summed E-state index contributed by atoms with van der Waals surface area (Å²) in [6.07, 6.45) is 3.33. The van der Waals surface area contributed by atoms with Crippen molar-refractivity contribution in [1.29, 1.82) is 0 Å². The number of hydrogen-bond donors (Lipinski definition) is 1. The Kier molecular flexibility index (Phi) is 3.89. The van der Waals surface area contributed by atoms with Crippen molar-refractivity contribution in [2.24, 2.45) is 5.10 Å². The lowest BCUT2D eigenvalue weighted by Crippen LogP contribution is -1.95. The number of hydrogen-bond acceptors (Lipinski definition) is 4. The third-order valence-corrected chi connectivity index (χ3v) is 3.26. The average Bonchev–Trinajstić information content (AvgIpc) is 2.88. The first-order chi connectivity index (χ1) is 10.2. The Bertz CT molecular complexity index is 821. The molecule has 0 fully saturated rings. The molecule has 0 atom stereocenters. The molecule has 3 aromatic rings. The molecule has 1 aromatic carbocycles. The molecule has 0 aliphatic carbocycles. The molecule has 0 bridgehead atoms. The van der Waals surface area contributed by atoms with Gasteiger partial charge >= 0.3 is 0 Å². The van der Waals surface area contributed by atoms with Crippen LogP contribution in [-0.2, 0) is 0 Å². The lowest BCUT2D eigenvalue weighted by molar-refractivity contribution is 0.870. The molecule has 7 heteroatoms. The summed E-state index contributed by atoms with van der Waals surface area (Å²) < 4.78 is 1.96. The number of aromatic nitrogens is 4. The van der Waals surface area contributed by atoms with Crippen LogP contribution >= 0.6 is 23.8 Å². The van der Waals surface area contributed by atoms with Crippen LogP contribution < -0.4 is 0 Å². The molecule has 0 aliphatic rings. The molecule has 0 radical (unpaired) electrons. The van der Waals surface area contributed by atoms with Crippen molar-refractivity contribution < 1.29 is 0 Å². The zero-order valence-electron chi connectivity index (χ0n) is 10.8. The van der Waals surface area contributed by atoms with Gasteiger partial charge in [0.1, 0.15) is 0 Å². The first kappa shape index (κ1) is 13.7. The summed E-state index contributed by atoms with van der Waals surface area (Å²) in [6, 6.07) is 12.9. The maximum absolute atomic E-state index is 5.89. The van der Waals surface area contributed by atoms with Crippen molar-refractivity contribution in [3.8, 4) is 11.4 Å². The minimum absolute atomic E-state index is 0.409. The van der Waals surface area contributed by atoms with E-state index in [2.05, 4.69) is 20.3 Å². The molecule has 0 saturated heterocycles.